The molecule has 0 spiro atoms. The standard InChI is InChI=1S/C14H21NO4/c1-2-3-4-10-5-11-7-14(8-13(16)17,9-15(18)19)12(11)6-10/h6,11-12H,2-5,7-9H2,1H3,(H,16,17)/t11-,12-,14-/m0/s1. The van der Waals surface area contributed by atoms with Gasteiger partial charge in [-0.25, -0.2) is 0 Å². The van der Waals surface area contributed by atoms with Crippen LogP contribution in [0.3, 0.4) is 0 Å². The molecule has 1 fully saturated rings. The number of hydrogen-bond donors (Lipinski definition) is 1. The van der Waals surface area contributed by atoms with Gasteiger partial charge >= 0.3 is 5.97 Å². The summed E-state index contributed by atoms with van der Waals surface area (Å²) in [6.07, 6.45) is 7.13. The van der Waals surface area contributed by atoms with Gasteiger partial charge in [-0.3, -0.25) is 14.9 Å². The van der Waals surface area contributed by atoms with Gasteiger partial charge in [-0.2, -0.15) is 0 Å². The number of carboxylic acid groups (broad SMARTS) is 1. The van der Waals surface area contributed by atoms with Crippen molar-refractivity contribution in [2.75, 3.05) is 6.54 Å². The molecule has 2 aliphatic rings. The monoisotopic (exact) mass is 267 g/mol. The fourth-order valence-electron chi connectivity index (χ4n) is 3.86. The molecule has 3 atom stereocenters. The van der Waals surface area contributed by atoms with E-state index in [1.165, 1.54) is 5.57 Å². The van der Waals surface area contributed by atoms with Crippen molar-refractivity contribution in [1.82, 2.24) is 0 Å². The minimum atomic E-state index is -0.921. The van der Waals surface area contributed by atoms with Crippen LogP contribution in [-0.2, 0) is 4.79 Å². The maximum Gasteiger partial charge on any atom is 0.304 e. The van der Waals surface area contributed by atoms with Crippen LogP contribution < -0.4 is 0 Å². The summed E-state index contributed by atoms with van der Waals surface area (Å²) in [5.74, 6) is -0.359. The number of carboxylic acids is 1. The first-order valence-electron chi connectivity index (χ1n) is 7.00. The Bertz CT molecular complexity index is 400. The fraction of sp³-hybridized carbons (Fsp3) is 0.786. The summed E-state index contributed by atoms with van der Waals surface area (Å²) in [5, 5.41) is 19.8. The lowest BCUT2D eigenvalue weighted by atomic mass is 9.53. The molecule has 0 bridgehead atoms. The van der Waals surface area contributed by atoms with Gasteiger partial charge in [-0.1, -0.05) is 25.0 Å². The highest BCUT2D eigenvalue weighted by Crippen LogP contribution is 2.60. The molecule has 1 N–H and O–H groups in total. The number of nitro groups is 1. The van der Waals surface area contributed by atoms with Gasteiger partial charge in [0.25, 0.3) is 0 Å². The van der Waals surface area contributed by atoms with Crippen LogP contribution in [0.15, 0.2) is 11.6 Å². The highest BCUT2D eigenvalue weighted by atomic mass is 16.6. The number of fused-ring (bicyclic) bond motifs is 1. The van der Waals surface area contributed by atoms with Crippen molar-refractivity contribution in [2.45, 2.75) is 45.4 Å². The second-order valence-electron chi connectivity index (χ2n) is 6.05. The van der Waals surface area contributed by atoms with Crippen LogP contribution in [0.1, 0.15) is 45.4 Å². The molecule has 19 heavy (non-hydrogen) atoms. The SMILES string of the molecule is CCCCC1=C[C@H]2[C@@H](C1)C[C@]2(CC(=O)O)C[N+](=O)[O-]. The lowest BCUT2D eigenvalue weighted by molar-refractivity contribution is -0.505. The number of carbonyl (C=O) groups is 1. The highest BCUT2D eigenvalue weighted by Gasteiger charge is 2.58. The van der Waals surface area contributed by atoms with Crippen molar-refractivity contribution in [3.05, 3.63) is 21.8 Å². The van der Waals surface area contributed by atoms with Crippen molar-refractivity contribution in [3.63, 3.8) is 0 Å². The molecule has 0 aromatic carbocycles. The first-order valence-corrected chi connectivity index (χ1v) is 7.00. The van der Waals surface area contributed by atoms with Gasteiger partial charge in [-0.05, 0) is 37.5 Å². The van der Waals surface area contributed by atoms with E-state index < -0.39 is 11.4 Å². The van der Waals surface area contributed by atoms with Crippen LogP contribution in [0.4, 0.5) is 0 Å². The number of aliphatic carboxylic acids is 1. The number of unbranched alkanes of at least 4 members (excludes halogenated alkanes) is 1. The smallest absolute Gasteiger partial charge is 0.304 e. The maximum absolute atomic E-state index is 11.0. The molecule has 0 heterocycles. The second-order valence-corrected chi connectivity index (χ2v) is 6.05. The average molecular weight is 267 g/mol. The topological polar surface area (TPSA) is 80.4 Å². The van der Waals surface area contributed by atoms with Crippen molar-refractivity contribution in [3.8, 4) is 0 Å². The van der Waals surface area contributed by atoms with Crippen molar-refractivity contribution in [2.24, 2.45) is 17.3 Å². The van der Waals surface area contributed by atoms with E-state index in [-0.39, 0.29) is 23.8 Å². The first kappa shape index (κ1) is 14.0. The van der Waals surface area contributed by atoms with E-state index in [0.717, 1.165) is 25.7 Å². The average Bonchev–Trinajstić information content (AvgIpc) is 2.62. The van der Waals surface area contributed by atoms with E-state index in [0.29, 0.717) is 12.3 Å². The molecule has 0 aliphatic heterocycles. The number of hydrogen-bond acceptors (Lipinski definition) is 3. The lowest BCUT2D eigenvalue weighted by Gasteiger charge is -2.48. The van der Waals surface area contributed by atoms with E-state index in [1.807, 2.05) is 0 Å². The van der Waals surface area contributed by atoms with Crippen LogP contribution in [0.2, 0.25) is 0 Å². The lowest BCUT2D eigenvalue weighted by Crippen LogP contribution is -2.50. The summed E-state index contributed by atoms with van der Waals surface area (Å²) in [6, 6.07) is 0. The zero-order chi connectivity index (χ0) is 14.0. The molecular weight excluding hydrogens is 246 g/mol. The normalized spacial score (nSPS) is 32.4. The molecule has 0 unspecified atom stereocenters. The zero-order valence-corrected chi connectivity index (χ0v) is 11.3. The van der Waals surface area contributed by atoms with Crippen molar-refractivity contribution < 1.29 is 14.8 Å². The molecule has 2 rings (SSSR count). The molecule has 106 valence electrons. The molecule has 0 radical (unpaired) electrons. The second kappa shape index (κ2) is 5.31. The molecule has 2 aliphatic carbocycles. The summed E-state index contributed by atoms with van der Waals surface area (Å²) in [7, 11) is 0. The Hall–Kier alpha value is -1.39. The van der Waals surface area contributed by atoms with E-state index >= 15 is 0 Å². The van der Waals surface area contributed by atoms with E-state index in [9.17, 15) is 14.9 Å². The number of rotatable bonds is 7. The van der Waals surface area contributed by atoms with Gasteiger partial charge in [0.15, 0.2) is 0 Å². The molecule has 0 amide bonds. The van der Waals surface area contributed by atoms with E-state index in [1.54, 1.807) is 0 Å². The Kier molecular flexibility index (Phi) is 3.92. The Morgan fingerprint density at radius 1 is 1.63 bits per heavy atom. The Balaban J connectivity index is 2.08. The minimum absolute atomic E-state index is 0.0767. The Morgan fingerprint density at radius 3 is 2.95 bits per heavy atom. The largest absolute Gasteiger partial charge is 0.481 e. The van der Waals surface area contributed by atoms with Gasteiger partial charge in [0.1, 0.15) is 0 Å². The third kappa shape index (κ3) is 2.80. The third-order valence-corrected chi connectivity index (χ3v) is 4.62. The van der Waals surface area contributed by atoms with Crippen LogP contribution in [0.5, 0.6) is 0 Å². The van der Waals surface area contributed by atoms with Crippen molar-refractivity contribution >= 4 is 5.97 Å². The predicted octanol–water partition coefficient (Wildman–Crippen LogP) is 2.88. The minimum Gasteiger partial charge on any atom is -0.481 e. The van der Waals surface area contributed by atoms with Gasteiger partial charge in [0.2, 0.25) is 6.54 Å². The summed E-state index contributed by atoms with van der Waals surface area (Å²) >= 11 is 0. The zero-order valence-electron chi connectivity index (χ0n) is 11.3. The van der Waals surface area contributed by atoms with Crippen LogP contribution in [0.25, 0.3) is 0 Å². The molecule has 0 aromatic heterocycles. The molecule has 5 heteroatoms. The highest BCUT2D eigenvalue weighted by molar-refractivity contribution is 5.68. The molecule has 5 nitrogen and oxygen atoms in total. The first-order chi connectivity index (χ1) is 8.97. The van der Waals surface area contributed by atoms with Gasteiger partial charge in [-0.15, -0.1) is 0 Å². The van der Waals surface area contributed by atoms with Gasteiger partial charge in [0.05, 0.1) is 11.8 Å². The van der Waals surface area contributed by atoms with Gasteiger partial charge < -0.3 is 5.11 Å². The predicted molar refractivity (Wildman–Crippen MR) is 70.4 cm³/mol. The summed E-state index contributed by atoms with van der Waals surface area (Å²) in [5.41, 5.74) is 0.751. The molecule has 0 saturated heterocycles. The van der Waals surface area contributed by atoms with E-state index in [4.69, 9.17) is 5.11 Å². The van der Waals surface area contributed by atoms with Crippen LogP contribution in [-0.4, -0.2) is 22.5 Å². The van der Waals surface area contributed by atoms with Crippen molar-refractivity contribution in [1.29, 1.82) is 0 Å². The Morgan fingerprint density at radius 2 is 2.37 bits per heavy atom. The maximum atomic E-state index is 11.0. The van der Waals surface area contributed by atoms with E-state index in [2.05, 4.69) is 13.0 Å². The quantitative estimate of drug-likeness (QED) is 0.437. The Labute approximate surface area is 112 Å². The molecular formula is C14H21NO4. The summed E-state index contributed by atoms with van der Waals surface area (Å²) in [6.45, 7) is 1.93. The number of nitrogens with zero attached hydrogens (tertiary/aromatic N) is 1. The summed E-state index contributed by atoms with van der Waals surface area (Å²) in [4.78, 5) is 21.5. The van der Waals surface area contributed by atoms with Crippen LogP contribution >= 0.6 is 0 Å². The number of allylic oxidation sites excluding steroid dienone is 2. The fourth-order valence-corrected chi connectivity index (χ4v) is 3.86. The summed E-state index contributed by atoms with van der Waals surface area (Å²) < 4.78 is 0. The van der Waals surface area contributed by atoms with Crippen LogP contribution in [0, 0.1) is 27.4 Å². The third-order valence-electron chi connectivity index (χ3n) is 4.62. The molecule has 1 saturated carbocycles. The van der Waals surface area contributed by atoms with Gasteiger partial charge in [0, 0.05) is 4.92 Å². The molecule has 0 aromatic rings.